The molecule has 20 heavy (non-hydrogen) atoms. The van der Waals surface area contributed by atoms with Crippen molar-refractivity contribution in [2.45, 2.75) is 13.5 Å². The van der Waals surface area contributed by atoms with Crippen LogP contribution in [0.2, 0.25) is 0 Å². The zero-order valence-corrected chi connectivity index (χ0v) is 12.2. The van der Waals surface area contributed by atoms with E-state index < -0.39 is 0 Å². The number of anilines is 3. The summed E-state index contributed by atoms with van der Waals surface area (Å²) in [5.41, 5.74) is 2.30. The van der Waals surface area contributed by atoms with Crippen LogP contribution in [0.3, 0.4) is 0 Å². The highest BCUT2D eigenvalue weighted by molar-refractivity contribution is 5.59. The van der Waals surface area contributed by atoms with Gasteiger partial charge in [-0.05, 0) is 38.7 Å². The molecule has 1 heterocycles. The first-order valence-electron chi connectivity index (χ1n) is 6.74. The van der Waals surface area contributed by atoms with E-state index in [1.54, 1.807) is 6.33 Å². The van der Waals surface area contributed by atoms with Gasteiger partial charge in [-0.2, -0.15) is 0 Å². The molecule has 0 amide bonds. The molecule has 0 atom stereocenters. The lowest BCUT2D eigenvalue weighted by molar-refractivity contribution is 0.402. The highest BCUT2D eigenvalue weighted by Gasteiger charge is 2.01. The molecule has 0 saturated carbocycles. The van der Waals surface area contributed by atoms with Crippen LogP contribution >= 0.6 is 0 Å². The zero-order chi connectivity index (χ0) is 14.4. The van der Waals surface area contributed by atoms with Crippen molar-refractivity contribution in [1.82, 2.24) is 14.9 Å². The van der Waals surface area contributed by atoms with E-state index in [-0.39, 0.29) is 0 Å². The Morgan fingerprint density at radius 2 is 1.90 bits per heavy atom. The maximum atomic E-state index is 4.23. The highest BCUT2D eigenvalue weighted by atomic mass is 15.1. The summed E-state index contributed by atoms with van der Waals surface area (Å²) in [4.78, 5) is 10.5. The molecule has 0 aliphatic carbocycles. The van der Waals surface area contributed by atoms with E-state index in [9.17, 15) is 0 Å². The van der Waals surface area contributed by atoms with Crippen molar-refractivity contribution >= 4 is 17.3 Å². The van der Waals surface area contributed by atoms with Gasteiger partial charge in [-0.3, -0.25) is 0 Å². The number of nitrogens with zero attached hydrogens (tertiary/aromatic N) is 3. The Morgan fingerprint density at radius 1 is 1.10 bits per heavy atom. The first-order chi connectivity index (χ1) is 9.67. The fourth-order valence-electron chi connectivity index (χ4n) is 1.96. The number of nitrogens with one attached hydrogen (secondary N) is 2. The molecule has 2 rings (SSSR count). The normalized spacial score (nSPS) is 10.6. The van der Waals surface area contributed by atoms with Gasteiger partial charge in [0.05, 0.1) is 0 Å². The number of benzene rings is 1. The monoisotopic (exact) mass is 271 g/mol. The van der Waals surface area contributed by atoms with Gasteiger partial charge >= 0.3 is 0 Å². The molecule has 5 heteroatoms. The summed E-state index contributed by atoms with van der Waals surface area (Å²) < 4.78 is 0. The van der Waals surface area contributed by atoms with Gasteiger partial charge in [0.25, 0.3) is 0 Å². The van der Waals surface area contributed by atoms with Crippen LogP contribution in [-0.4, -0.2) is 35.5 Å². The molecule has 2 N–H and O–H groups in total. The number of rotatable bonds is 6. The topological polar surface area (TPSA) is 53.1 Å². The maximum absolute atomic E-state index is 4.23. The predicted molar refractivity (Wildman–Crippen MR) is 83.3 cm³/mol. The summed E-state index contributed by atoms with van der Waals surface area (Å²) in [5, 5.41) is 6.48. The lowest BCUT2D eigenvalue weighted by atomic mass is 10.2. The minimum atomic E-state index is 0.790. The molecule has 0 fully saturated rings. The Morgan fingerprint density at radius 3 is 2.65 bits per heavy atom. The van der Waals surface area contributed by atoms with Crippen molar-refractivity contribution in [3.05, 3.63) is 42.2 Å². The van der Waals surface area contributed by atoms with Crippen LogP contribution in [-0.2, 0) is 6.54 Å². The van der Waals surface area contributed by atoms with Crippen LogP contribution in [0.1, 0.15) is 12.5 Å². The van der Waals surface area contributed by atoms with Crippen LogP contribution in [0.5, 0.6) is 0 Å². The molecule has 1 aromatic heterocycles. The van der Waals surface area contributed by atoms with Crippen molar-refractivity contribution in [3.63, 3.8) is 0 Å². The molecule has 1 aromatic carbocycles. The van der Waals surface area contributed by atoms with Gasteiger partial charge in [-0.1, -0.05) is 12.1 Å². The van der Waals surface area contributed by atoms with Crippen LogP contribution in [0, 0.1) is 0 Å². The average Bonchev–Trinajstić information content (AvgIpc) is 2.39. The number of hydrogen-bond donors (Lipinski definition) is 2. The van der Waals surface area contributed by atoms with E-state index >= 15 is 0 Å². The van der Waals surface area contributed by atoms with Gasteiger partial charge in [0.15, 0.2) is 0 Å². The standard InChI is InChI=1S/C15H21N5/c1-4-16-14-9-15(18-11-17-14)19-13-7-5-6-12(8-13)10-20(2)3/h5-9,11H,4,10H2,1-3H3,(H2,16,17,18,19). The Balaban J connectivity index is 2.11. The smallest absolute Gasteiger partial charge is 0.135 e. The Bertz CT molecular complexity index is 553. The molecule has 0 saturated heterocycles. The van der Waals surface area contributed by atoms with Gasteiger partial charge in [-0.25, -0.2) is 9.97 Å². The van der Waals surface area contributed by atoms with Crippen molar-refractivity contribution in [2.24, 2.45) is 0 Å². The molecule has 2 aromatic rings. The second-order valence-electron chi connectivity index (χ2n) is 4.88. The third-order valence-corrected chi connectivity index (χ3v) is 2.72. The molecule has 0 aliphatic rings. The second kappa shape index (κ2) is 6.86. The third kappa shape index (κ3) is 4.20. The number of hydrogen-bond acceptors (Lipinski definition) is 5. The maximum Gasteiger partial charge on any atom is 0.135 e. The van der Waals surface area contributed by atoms with Crippen molar-refractivity contribution < 1.29 is 0 Å². The van der Waals surface area contributed by atoms with Gasteiger partial charge in [-0.15, -0.1) is 0 Å². The molecule has 0 unspecified atom stereocenters. The second-order valence-corrected chi connectivity index (χ2v) is 4.88. The van der Waals surface area contributed by atoms with Gasteiger partial charge < -0.3 is 15.5 Å². The van der Waals surface area contributed by atoms with E-state index in [2.05, 4.69) is 51.7 Å². The Kier molecular flexibility index (Phi) is 4.90. The van der Waals surface area contributed by atoms with Crippen LogP contribution in [0.15, 0.2) is 36.7 Å². The lowest BCUT2D eigenvalue weighted by Crippen LogP contribution is -2.10. The lowest BCUT2D eigenvalue weighted by Gasteiger charge is -2.12. The van der Waals surface area contributed by atoms with Crippen LogP contribution in [0.25, 0.3) is 0 Å². The molecule has 0 spiro atoms. The SMILES string of the molecule is CCNc1cc(Nc2cccc(CN(C)C)c2)ncn1. The van der Waals surface area contributed by atoms with E-state index in [0.717, 1.165) is 30.4 Å². The van der Waals surface area contributed by atoms with Crippen LogP contribution in [0.4, 0.5) is 17.3 Å². The molecule has 0 bridgehead atoms. The molecule has 0 aliphatic heterocycles. The van der Waals surface area contributed by atoms with Gasteiger partial charge in [0, 0.05) is 24.8 Å². The molecular formula is C15H21N5. The molecular weight excluding hydrogens is 250 g/mol. The summed E-state index contributed by atoms with van der Waals surface area (Å²) in [5.74, 6) is 1.62. The summed E-state index contributed by atoms with van der Waals surface area (Å²) in [6.45, 7) is 3.80. The molecule has 106 valence electrons. The Hall–Kier alpha value is -2.14. The summed E-state index contributed by atoms with van der Waals surface area (Å²) in [7, 11) is 4.13. The fraction of sp³-hybridized carbons (Fsp3) is 0.333. The third-order valence-electron chi connectivity index (χ3n) is 2.72. The quantitative estimate of drug-likeness (QED) is 0.846. The van der Waals surface area contributed by atoms with E-state index in [1.807, 2.05) is 25.1 Å². The van der Waals surface area contributed by atoms with E-state index in [1.165, 1.54) is 5.56 Å². The first kappa shape index (κ1) is 14.3. The fourth-order valence-corrected chi connectivity index (χ4v) is 1.96. The molecule has 0 radical (unpaired) electrons. The highest BCUT2D eigenvalue weighted by Crippen LogP contribution is 2.18. The minimum Gasteiger partial charge on any atom is -0.370 e. The van der Waals surface area contributed by atoms with Gasteiger partial charge in [0.2, 0.25) is 0 Å². The predicted octanol–water partition coefficient (Wildman–Crippen LogP) is 2.71. The number of aromatic nitrogens is 2. The Labute approximate surface area is 120 Å². The van der Waals surface area contributed by atoms with Crippen molar-refractivity contribution in [2.75, 3.05) is 31.3 Å². The largest absolute Gasteiger partial charge is 0.370 e. The van der Waals surface area contributed by atoms with Gasteiger partial charge in [0.1, 0.15) is 18.0 Å². The summed E-state index contributed by atoms with van der Waals surface area (Å²) >= 11 is 0. The first-order valence-corrected chi connectivity index (χ1v) is 6.74. The summed E-state index contributed by atoms with van der Waals surface area (Å²) in [6, 6.07) is 10.2. The average molecular weight is 271 g/mol. The van der Waals surface area contributed by atoms with E-state index in [4.69, 9.17) is 0 Å². The van der Waals surface area contributed by atoms with Crippen molar-refractivity contribution in [1.29, 1.82) is 0 Å². The summed E-state index contributed by atoms with van der Waals surface area (Å²) in [6.07, 6.45) is 1.56. The van der Waals surface area contributed by atoms with Crippen LogP contribution < -0.4 is 10.6 Å². The minimum absolute atomic E-state index is 0.790. The molecule has 5 nitrogen and oxygen atoms in total. The van der Waals surface area contributed by atoms with E-state index in [0.29, 0.717) is 0 Å². The van der Waals surface area contributed by atoms with Crippen molar-refractivity contribution in [3.8, 4) is 0 Å². The zero-order valence-electron chi connectivity index (χ0n) is 12.2.